The minimum absolute atomic E-state index is 0.0627. The molecule has 0 bridgehead atoms. The molecule has 0 spiro atoms. The summed E-state index contributed by atoms with van der Waals surface area (Å²) in [6, 6.07) is 16.6. The number of Topliss-reactive ketones (excluding diaryl/α,β-unsaturated/α-hetero) is 1. The monoisotopic (exact) mass is 387 g/mol. The highest BCUT2D eigenvalue weighted by atomic mass is 16.5. The first-order valence-corrected chi connectivity index (χ1v) is 9.35. The van der Waals surface area contributed by atoms with Gasteiger partial charge in [-0.15, -0.1) is 0 Å². The summed E-state index contributed by atoms with van der Waals surface area (Å²) in [4.78, 5) is 12.9. The zero-order valence-corrected chi connectivity index (χ0v) is 16.5. The van der Waals surface area contributed by atoms with E-state index >= 15 is 0 Å². The topological polar surface area (TPSA) is 77.0 Å². The van der Waals surface area contributed by atoms with Crippen LogP contribution in [0.3, 0.4) is 0 Å². The molecule has 2 atom stereocenters. The van der Waals surface area contributed by atoms with Gasteiger partial charge in [-0.25, -0.2) is 0 Å². The number of aliphatic hydroxyl groups is 1. The third kappa shape index (κ3) is 7.40. The zero-order chi connectivity index (χ0) is 20.2. The molecular weight excluding hydrogens is 358 g/mol. The van der Waals surface area contributed by atoms with E-state index < -0.39 is 12.2 Å². The van der Waals surface area contributed by atoms with Crippen molar-refractivity contribution in [2.24, 2.45) is 0 Å². The maximum absolute atomic E-state index is 12.9. The minimum atomic E-state index is -0.715. The van der Waals surface area contributed by atoms with Crippen molar-refractivity contribution in [1.82, 2.24) is 5.32 Å². The first kappa shape index (κ1) is 22.0. The molecule has 152 valence electrons. The molecular formula is C22H29NO5. The van der Waals surface area contributed by atoms with E-state index in [1.165, 1.54) is 0 Å². The molecule has 2 unspecified atom stereocenters. The molecule has 2 aromatic carbocycles. The van der Waals surface area contributed by atoms with Gasteiger partial charge in [0, 0.05) is 32.2 Å². The smallest absolute Gasteiger partial charge is 0.191 e. The standard InChI is InChI=1S/C22H29NO5/c1-26-12-11-23-15-19(24)16-28-21(22(25)18-8-4-3-5-9-18)14-17-7-6-10-20(13-17)27-2/h3-10,13,19,21,23-24H,11-12,14-16H2,1-2H3. The fraction of sp³-hybridized carbons (Fsp3) is 0.409. The van der Waals surface area contributed by atoms with Gasteiger partial charge in [-0.05, 0) is 17.7 Å². The summed E-state index contributed by atoms with van der Waals surface area (Å²) in [7, 11) is 3.23. The molecule has 0 fully saturated rings. The van der Waals surface area contributed by atoms with E-state index in [0.717, 1.165) is 11.3 Å². The van der Waals surface area contributed by atoms with Gasteiger partial charge in [0.1, 0.15) is 11.9 Å². The Balaban J connectivity index is 2.02. The molecule has 0 aliphatic rings. The van der Waals surface area contributed by atoms with Crippen molar-refractivity contribution in [2.45, 2.75) is 18.6 Å². The van der Waals surface area contributed by atoms with E-state index in [1.807, 2.05) is 42.5 Å². The molecule has 0 saturated heterocycles. The van der Waals surface area contributed by atoms with Gasteiger partial charge in [0.15, 0.2) is 5.78 Å². The predicted molar refractivity (Wildman–Crippen MR) is 108 cm³/mol. The number of ketones is 1. The van der Waals surface area contributed by atoms with Crippen LogP contribution in [0.5, 0.6) is 5.75 Å². The van der Waals surface area contributed by atoms with Crippen LogP contribution in [0.15, 0.2) is 54.6 Å². The molecule has 6 heteroatoms. The summed E-state index contributed by atoms with van der Waals surface area (Å²) < 4.78 is 16.1. The number of hydrogen-bond donors (Lipinski definition) is 2. The van der Waals surface area contributed by atoms with Crippen molar-refractivity contribution in [3.63, 3.8) is 0 Å². The summed E-state index contributed by atoms with van der Waals surface area (Å²) >= 11 is 0. The molecule has 6 nitrogen and oxygen atoms in total. The van der Waals surface area contributed by atoms with Gasteiger partial charge in [0.25, 0.3) is 0 Å². The van der Waals surface area contributed by atoms with E-state index in [2.05, 4.69) is 5.32 Å². The molecule has 0 saturated carbocycles. The third-order valence-corrected chi connectivity index (χ3v) is 4.26. The van der Waals surface area contributed by atoms with Gasteiger partial charge in [-0.2, -0.15) is 0 Å². The second-order valence-electron chi connectivity index (χ2n) is 6.46. The normalized spacial score (nSPS) is 13.1. The molecule has 2 rings (SSSR count). The number of benzene rings is 2. The average molecular weight is 387 g/mol. The molecule has 0 aliphatic carbocycles. The van der Waals surface area contributed by atoms with Crippen molar-refractivity contribution in [3.05, 3.63) is 65.7 Å². The number of nitrogens with one attached hydrogen (secondary N) is 1. The number of carbonyl (C=O) groups is 1. The predicted octanol–water partition coefficient (Wildman–Crippen LogP) is 2.10. The highest BCUT2D eigenvalue weighted by molar-refractivity contribution is 5.99. The zero-order valence-electron chi connectivity index (χ0n) is 16.5. The van der Waals surface area contributed by atoms with Crippen molar-refractivity contribution in [2.75, 3.05) is 40.5 Å². The average Bonchev–Trinajstić information content (AvgIpc) is 2.74. The van der Waals surface area contributed by atoms with Gasteiger partial charge in [0.05, 0.1) is 26.4 Å². The largest absolute Gasteiger partial charge is 0.497 e. The molecule has 28 heavy (non-hydrogen) atoms. The van der Waals surface area contributed by atoms with E-state index in [-0.39, 0.29) is 12.4 Å². The van der Waals surface area contributed by atoms with Crippen molar-refractivity contribution >= 4 is 5.78 Å². The van der Waals surface area contributed by atoms with Crippen LogP contribution >= 0.6 is 0 Å². The molecule has 0 aromatic heterocycles. The second kappa shape index (κ2) is 12.3. The fourth-order valence-electron chi connectivity index (χ4n) is 2.76. The number of methoxy groups -OCH3 is 2. The Kier molecular flexibility index (Phi) is 9.65. The second-order valence-corrected chi connectivity index (χ2v) is 6.46. The van der Waals surface area contributed by atoms with Crippen LogP contribution < -0.4 is 10.1 Å². The van der Waals surface area contributed by atoms with Crippen LogP contribution in [-0.2, 0) is 15.9 Å². The quantitative estimate of drug-likeness (QED) is 0.405. The Bertz CT molecular complexity index is 707. The molecule has 0 amide bonds. The minimum Gasteiger partial charge on any atom is -0.497 e. The Morgan fingerprint density at radius 2 is 1.89 bits per heavy atom. The Hall–Kier alpha value is -2.25. The van der Waals surface area contributed by atoms with E-state index in [1.54, 1.807) is 26.4 Å². The van der Waals surface area contributed by atoms with Crippen molar-refractivity contribution in [3.8, 4) is 5.75 Å². The molecule has 0 aliphatic heterocycles. The maximum Gasteiger partial charge on any atom is 0.191 e. The lowest BCUT2D eigenvalue weighted by Gasteiger charge is -2.20. The first-order chi connectivity index (χ1) is 13.6. The number of hydrogen-bond acceptors (Lipinski definition) is 6. The van der Waals surface area contributed by atoms with Crippen LogP contribution in [0.4, 0.5) is 0 Å². The van der Waals surface area contributed by atoms with Crippen LogP contribution in [0.2, 0.25) is 0 Å². The number of carbonyl (C=O) groups excluding carboxylic acids is 1. The lowest BCUT2D eigenvalue weighted by atomic mass is 9.99. The summed E-state index contributed by atoms with van der Waals surface area (Å²) in [5, 5.41) is 13.2. The SMILES string of the molecule is COCCNCC(O)COC(Cc1cccc(OC)c1)C(=O)c1ccccc1. The lowest BCUT2D eigenvalue weighted by molar-refractivity contribution is -0.00199. The Morgan fingerprint density at radius 1 is 1.11 bits per heavy atom. The number of ether oxygens (including phenoxy) is 3. The van der Waals surface area contributed by atoms with Crippen LogP contribution in [-0.4, -0.2) is 63.6 Å². The van der Waals surface area contributed by atoms with Gasteiger partial charge in [0.2, 0.25) is 0 Å². The summed E-state index contributed by atoms with van der Waals surface area (Å²) in [6.07, 6.45) is -1.01. The van der Waals surface area contributed by atoms with Crippen molar-refractivity contribution in [1.29, 1.82) is 0 Å². The number of rotatable bonds is 13. The van der Waals surface area contributed by atoms with Gasteiger partial charge >= 0.3 is 0 Å². The third-order valence-electron chi connectivity index (χ3n) is 4.26. The molecule has 2 N–H and O–H groups in total. The molecule has 0 heterocycles. The summed E-state index contributed by atoms with van der Waals surface area (Å²) in [6.45, 7) is 1.64. The first-order valence-electron chi connectivity index (χ1n) is 9.35. The number of aliphatic hydroxyl groups excluding tert-OH is 1. The van der Waals surface area contributed by atoms with Gasteiger partial charge in [-0.1, -0.05) is 42.5 Å². The van der Waals surface area contributed by atoms with Crippen LogP contribution in [0.1, 0.15) is 15.9 Å². The fourth-order valence-corrected chi connectivity index (χ4v) is 2.76. The molecule has 0 radical (unpaired) electrons. The van der Waals surface area contributed by atoms with E-state index in [9.17, 15) is 9.90 Å². The van der Waals surface area contributed by atoms with Crippen LogP contribution in [0, 0.1) is 0 Å². The van der Waals surface area contributed by atoms with Gasteiger partial charge < -0.3 is 24.6 Å². The maximum atomic E-state index is 12.9. The highest BCUT2D eigenvalue weighted by Crippen LogP contribution is 2.17. The van der Waals surface area contributed by atoms with Crippen LogP contribution in [0.25, 0.3) is 0 Å². The Morgan fingerprint density at radius 3 is 2.61 bits per heavy atom. The lowest BCUT2D eigenvalue weighted by Crippen LogP contribution is -2.36. The van der Waals surface area contributed by atoms with E-state index in [4.69, 9.17) is 14.2 Å². The highest BCUT2D eigenvalue weighted by Gasteiger charge is 2.22. The molecule has 2 aromatic rings. The Labute approximate surface area is 166 Å². The van der Waals surface area contributed by atoms with Crippen molar-refractivity contribution < 1.29 is 24.1 Å². The summed E-state index contributed by atoms with van der Waals surface area (Å²) in [5.74, 6) is 0.619. The van der Waals surface area contributed by atoms with E-state index in [0.29, 0.717) is 31.7 Å². The summed E-state index contributed by atoms with van der Waals surface area (Å²) in [5.41, 5.74) is 1.52. The van der Waals surface area contributed by atoms with Gasteiger partial charge in [-0.3, -0.25) is 4.79 Å².